The van der Waals surface area contributed by atoms with Gasteiger partial charge in [0.2, 0.25) is 15.9 Å². The number of para-hydroxylation sites is 2. The summed E-state index contributed by atoms with van der Waals surface area (Å²) in [5.74, 6) is -0.162. The summed E-state index contributed by atoms with van der Waals surface area (Å²) in [6.07, 6.45) is 0.0420. The number of carbonyl (C=O) groups excluding carboxylic acids is 2. The molecule has 1 heterocycles. The van der Waals surface area contributed by atoms with E-state index in [1.165, 1.54) is 30.2 Å². The summed E-state index contributed by atoms with van der Waals surface area (Å²) in [5.41, 5.74) is 2.46. The molecule has 0 aromatic heterocycles. The molecule has 5 rings (SSSR count). The molecule has 0 saturated carbocycles. The zero-order chi connectivity index (χ0) is 31.8. The molecule has 234 valence electrons. The van der Waals surface area contributed by atoms with E-state index in [4.69, 9.17) is 21.1 Å². The van der Waals surface area contributed by atoms with E-state index >= 15 is 0 Å². The maximum atomic E-state index is 14.0. The molecule has 0 spiro atoms. The topological polar surface area (TPSA) is 105 Å². The molecule has 1 aliphatic heterocycles. The van der Waals surface area contributed by atoms with E-state index in [2.05, 4.69) is 5.32 Å². The molecule has 4 aromatic rings. The Bertz CT molecular complexity index is 1740. The third kappa shape index (κ3) is 7.83. The Morgan fingerprint density at radius 2 is 1.58 bits per heavy atom. The maximum Gasteiger partial charge on any atom is 0.262 e. The Balaban J connectivity index is 1.37. The Morgan fingerprint density at radius 1 is 0.933 bits per heavy atom. The van der Waals surface area contributed by atoms with Crippen LogP contribution in [0.3, 0.4) is 0 Å². The van der Waals surface area contributed by atoms with Gasteiger partial charge in [-0.15, -0.1) is 0 Å². The minimum Gasteiger partial charge on any atom is -0.495 e. The van der Waals surface area contributed by atoms with Gasteiger partial charge in [-0.05, 0) is 54.3 Å². The number of carbonyl (C=O) groups is 2. The lowest BCUT2D eigenvalue weighted by atomic mass is 10.1. The number of sulfonamides is 1. The molecule has 1 aliphatic rings. The maximum absolute atomic E-state index is 14.0. The number of benzene rings is 4. The van der Waals surface area contributed by atoms with Gasteiger partial charge in [-0.2, -0.15) is 4.31 Å². The fraction of sp³-hybridized carbons (Fsp3) is 0.235. The molecule has 2 amide bonds. The van der Waals surface area contributed by atoms with Crippen molar-refractivity contribution in [3.63, 3.8) is 0 Å². The largest absolute Gasteiger partial charge is 0.495 e. The van der Waals surface area contributed by atoms with Crippen LogP contribution in [-0.4, -0.2) is 63.9 Å². The van der Waals surface area contributed by atoms with Crippen LogP contribution < -0.4 is 19.7 Å². The van der Waals surface area contributed by atoms with Crippen LogP contribution in [0.5, 0.6) is 11.5 Å². The van der Waals surface area contributed by atoms with Crippen LogP contribution in [0.1, 0.15) is 11.1 Å². The highest BCUT2D eigenvalue weighted by Crippen LogP contribution is 2.34. The molecule has 0 radical (unpaired) electrons. The Hall–Kier alpha value is -4.38. The number of hydrogen-bond acceptors (Lipinski definition) is 6. The van der Waals surface area contributed by atoms with Gasteiger partial charge in [0.1, 0.15) is 11.5 Å². The summed E-state index contributed by atoms with van der Waals surface area (Å²) in [7, 11) is -2.72. The molecule has 0 bridgehead atoms. The zero-order valence-corrected chi connectivity index (χ0v) is 26.3. The van der Waals surface area contributed by atoms with Gasteiger partial charge < -0.3 is 19.7 Å². The molecule has 11 heteroatoms. The molecule has 0 aliphatic carbocycles. The average molecular weight is 648 g/mol. The van der Waals surface area contributed by atoms with Gasteiger partial charge in [0.15, 0.2) is 6.10 Å². The quantitative estimate of drug-likeness (QED) is 0.238. The predicted octanol–water partition coefficient (Wildman–Crippen LogP) is 4.74. The first-order valence-electron chi connectivity index (χ1n) is 14.5. The fourth-order valence-corrected chi connectivity index (χ4v) is 6.81. The summed E-state index contributed by atoms with van der Waals surface area (Å²) >= 11 is 6.28. The van der Waals surface area contributed by atoms with Crippen molar-refractivity contribution >= 4 is 39.1 Å². The van der Waals surface area contributed by atoms with Crippen molar-refractivity contribution in [2.45, 2.75) is 23.8 Å². The Labute approximate surface area is 268 Å². The average Bonchev–Trinajstić information content (AvgIpc) is 3.06. The van der Waals surface area contributed by atoms with Crippen LogP contribution in [0.25, 0.3) is 0 Å². The molecule has 0 unspecified atom stereocenters. The number of hydrogen-bond donors (Lipinski definition) is 1. The first-order chi connectivity index (χ1) is 21.8. The van der Waals surface area contributed by atoms with Crippen molar-refractivity contribution in [3.8, 4) is 11.5 Å². The third-order valence-corrected chi connectivity index (χ3v) is 9.62. The first kappa shape index (κ1) is 32.0. The summed E-state index contributed by atoms with van der Waals surface area (Å²) in [6.45, 7) is -0.102. The van der Waals surface area contributed by atoms with Crippen LogP contribution in [0.2, 0.25) is 5.02 Å². The summed E-state index contributed by atoms with van der Waals surface area (Å²) < 4.78 is 40.2. The van der Waals surface area contributed by atoms with E-state index in [0.717, 1.165) is 15.4 Å². The minimum atomic E-state index is -4.16. The SMILES string of the molecule is COc1ccc(S(=O)(=O)N(CCc2ccccc2)CC(=O)N2C[C@H](C(=O)NCCc3ccccc3)Oc3ccccc32)cc1Cl. The highest BCUT2D eigenvalue weighted by molar-refractivity contribution is 7.89. The molecule has 1 atom stereocenters. The second kappa shape index (κ2) is 14.6. The number of methoxy groups -OCH3 is 1. The summed E-state index contributed by atoms with van der Waals surface area (Å²) in [5, 5.41) is 3.04. The summed E-state index contributed by atoms with van der Waals surface area (Å²) in [4.78, 5) is 28.5. The minimum absolute atomic E-state index is 0.0388. The van der Waals surface area contributed by atoms with E-state index < -0.39 is 28.6 Å². The first-order valence-corrected chi connectivity index (χ1v) is 16.3. The standard InChI is InChI=1S/C34H34ClN3O6S/c1-43-30-17-16-27(22-28(30)35)45(41,42)37(21-19-26-12-6-3-7-13-26)24-33(39)38-23-32(44-31-15-9-8-14-29(31)38)34(40)36-20-18-25-10-4-2-5-11-25/h2-17,22,32H,18-21,23-24H2,1H3,(H,36,40)/t32-/m1/s1. The lowest BCUT2D eigenvalue weighted by Crippen LogP contribution is -2.53. The van der Waals surface area contributed by atoms with Gasteiger partial charge in [-0.1, -0.05) is 84.4 Å². The normalized spacial score (nSPS) is 14.4. The van der Waals surface area contributed by atoms with Crippen molar-refractivity contribution in [1.29, 1.82) is 0 Å². The second-order valence-corrected chi connectivity index (χ2v) is 12.8. The third-order valence-electron chi connectivity index (χ3n) is 7.49. The van der Waals surface area contributed by atoms with Crippen LogP contribution >= 0.6 is 11.6 Å². The van der Waals surface area contributed by atoms with Gasteiger partial charge in [-0.25, -0.2) is 8.42 Å². The van der Waals surface area contributed by atoms with Crippen LogP contribution in [0.15, 0.2) is 108 Å². The Kier molecular flexibility index (Phi) is 10.4. The van der Waals surface area contributed by atoms with Crippen molar-refractivity contribution in [3.05, 3.63) is 119 Å². The predicted molar refractivity (Wildman–Crippen MR) is 173 cm³/mol. The van der Waals surface area contributed by atoms with Gasteiger partial charge >= 0.3 is 0 Å². The molecule has 0 fully saturated rings. The highest BCUT2D eigenvalue weighted by Gasteiger charge is 2.36. The monoisotopic (exact) mass is 647 g/mol. The van der Waals surface area contributed by atoms with Crippen molar-refractivity contribution in [2.24, 2.45) is 0 Å². The van der Waals surface area contributed by atoms with E-state index in [1.54, 1.807) is 24.3 Å². The van der Waals surface area contributed by atoms with Crippen LogP contribution in [-0.2, 0) is 32.5 Å². The van der Waals surface area contributed by atoms with Crippen LogP contribution in [0, 0.1) is 0 Å². The molecule has 45 heavy (non-hydrogen) atoms. The number of nitrogens with one attached hydrogen (secondary N) is 1. The summed E-state index contributed by atoms with van der Waals surface area (Å²) in [6, 6.07) is 30.3. The van der Waals surface area contributed by atoms with E-state index in [9.17, 15) is 18.0 Å². The van der Waals surface area contributed by atoms with E-state index in [-0.39, 0.29) is 28.9 Å². The number of halogens is 1. The zero-order valence-electron chi connectivity index (χ0n) is 24.8. The van der Waals surface area contributed by atoms with Gasteiger partial charge in [0, 0.05) is 13.1 Å². The number of anilines is 1. The number of ether oxygens (including phenoxy) is 2. The lowest BCUT2D eigenvalue weighted by molar-refractivity contribution is -0.128. The van der Waals surface area contributed by atoms with Crippen molar-refractivity contribution in [1.82, 2.24) is 9.62 Å². The van der Waals surface area contributed by atoms with Gasteiger partial charge in [-0.3, -0.25) is 9.59 Å². The number of amides is 2. The number of nitrogens with zero attached hydrogens (tertiary/aromatic N) is 2. The smallest absolute Gasteiger partial charge is 0.262 e. The number of fused-ring (bicyclic) bond motifs is 1. The number of rotatable bonds is 12. The van der Waals surface area contributed by atoms with Crippen molar-refractivity contribution < 1.29 is 27.5 Å². The van der Waals surface area contributed by atoms with E-state index in [0.29, 0.717) is 36.6 Å². The molecular formula is C34H34ClN3O6S. The highest BCUT2D eigenvalue weighted by atomic mass is 35.5. The second-order valence-electron chi connectivity index (χ2n) is 10.5. The van der Waals surface area contributed by atoms with E-state index in [1.807, 2.05) is 60.7 Å². The van der Waals surface area contributed by atoms with Crippen molar-refractivity contribution in [2.75, 3.05) is 38.2 Å². The molecule has 4 aromatic carbocycles. The molecule has 1 N–H and O–H groups in total. The lowest BCUT2D eigenvalue weighted by Gasteiger charge is -2.35. The molecule has 9 nitrogen and oxygen atoms in total. The molecule has 0 saturated heterocycles. The molecular weight excluding hydrogens is 614 g/mol. The van der Waals surface area contributed by atoms with Gasteiger partial charge in [0.25, 0.3) is 5.91 Å². The Morgan fingerprint density at radius 3 is 2.24 bits per heavy atom. The van der Waals surface area contributed by atoms with Gasteiger partial charge in [0.05, 0.1) is 35.8 Å². The van der Waals surface area contributed by atoms with Crippen LogP contribution in [0.4, 0.5) is 5.69 Å². The fourth-order valence-electron chi connectivity index (χ4n) is 5.07.